The van der Waals surface area contributed by atoms with Crippen LogP contribution >= 0.6 is 0 Å². The second-order valence-electron chi connectivity index (χ2n) is 5.09. The average molecular weight is 348 g/mol. The molecule has 0 aromatic rings. The molecule has 0 radical (unpaired) electrons. The van der Waals surface area contributed by atoms with E-state index < -0.39 is 54.6 Å². The highest BCUT2D eigenvalue weighted by atomic mass is 16.7. The van der Waals surface area contributed by atoms with E-state index in [4.69, 9.17) is 23.7 Å². The van der Waals surface area contributed by atoms with E-state index in [1.807, 2.05) is 0 Å². The lowest BCUT2D eigenvalue weighted by atomic mass is 9.98. The summed E-state index contributed by atoms with van der Waals surface area (Å²) in [7, 11) is 0. The molecule has 0 aromatic heterocycles. The number of hydrogen-bond acceptors (Lipinski definition) is 10. The third-order valence-corrected chi connectivity index (χ3v) is 2.97. The van der Waals surface area contributed by atoms with Gasteiger partial charge in [-0.25, -0.2) is 0 Å². The molecule has 1 saturated heterocycles. The number of aliphatic hydroxyl groups is 1. The number of aliphatic hydroxyl groups excluding tert-OH is 1. The summed E-state index contributed by atoms with van der Waals surface area (Å²) in [6, 6.07) is 0. The number of esters is 4. The van der Waals surface area contributed by atoms with E-state index >= 15 is 0 Å². The van der Waals surface area contributed by atoms with Gasteiger partial charge in [0.05, 0.1) is 0 Å². The predicted octanol–water partition coefficient (Wildman–Crippen LogP) is -0.938. The van der Waals surface area contributed by atoms with E-state index in [-0.39, 0.29) is 6.61 Å². The second-order valence-corrected chi connectivity index (χ2v) is 5.09. The molecule has 5 atom stereocenters. The Morgan fingerprint density at radius 2 is 1.25 bits per heavy atom. The van der Waals surface area contributed by atoms with Crippen LogP contribution in [0.1, 0.15) is 27.7 Å². The van der Waals surface area contributed by atoms with Gasteiger partial charge >= 0.3 is 23.9 Å². The van der Waals surface area contributed by atoms with Crippen molar-refractivity contribution < 1.29 is 48.0 Å². The molecule has 0 aromatic carbocycles. The zero-order valence-corrected chi connectivity index (χ0v) is 13.7. The normalized spacial score (nSPS) is 29.3. The molecular weight excluding hydrogens is 328 g/mol. The largest absolute Gasteiger partial charge is 0.463 e. The topological polar surface area (TPSA) is 135 Å². The number of ether oxygens (including phenoxy) is 5. The zero-order chi connectivity index (χ0) is 18.4. The minimum Gasteiger partial charge on any atom is -0.463 e. The molecule has 1 aliphatic heterocycles. The van der Waals surface area contributed by atoms with Crippen LogP contribution in [-0.2, 0) is 42.9 Å². The van der Waals surface area contributed by atoms with Crippen LogP contribution in [0.4, 0.5) is 0 Å². The van der Waals surface area contributed by atoms with Crippen LogP contribution in [0.5, 0.6) is 0 Å². The lowest BCUT2D eigenvalue weighted by molar-refractivity contribution is -0.296. The number of carbonyl (C=O) groups excluding carboxylic acids is 4. The summed E-state index contributed by atoms with van der Waals surface area (Å²) in [5, 5.41) is 10.0. The molecule has 136 valence electrons. The first-order valence-electron chi connectivity index (χ1n) is 7.10. The lowest BCUT2D eigenvalue weighted by Crippen LogP contribution is -2.62. The summed E-state index contributed by atoms with van der Waals surface area (Å²) in [5.74, 6) is -2.87. The van der Waals surface area contributed by atoms with Gasteiger partial charge in [0.2, 0.25) is 0 Å². The molecule has 1 N–H and O–H groups in total. The summed E-state index contributed by atoms with van der Waals surface area (Å²) in [4.78, 5) is 44.9. The lowest BCUT2D eigenvalue weighted by Gasteiger charge is -2.42. The maximum absolute atomic E-state index is 11.3. The number of rotatable bonds is 5. The summed E-state index contributed by atoms with van der Waals surface area (Å²) >= 11 is 0. The molecule has 1 aliphatic rings. The van der Waals surface area contributed by atoms with Crippen molar-refractivity contribution in [2.45, 2.75) is 58.4 Å². The minimum absolute atomic E-state index is 0.366. The Bertz CT molecular complexity index is 502. The van der Waals surface area contributed by atoms with Crippen molar-refractivity contribution in [2.75, 3.05) is 6.61 Å². The smallest absolute Gasteiger partial charge is 0.303 e. The van der Waals surface area contributed by atoms with Gasteiger partial charge in [0.15, 0.2) is 24.6 Å². The van der Waals surface area contributed by atoms with Crippen molar-refractivity contribution >= 4 is 23.9 Å². The SMILES string of the molecule is CC(=O)OC[C@H]1O[C@@H](O)[C@H](OC(C)=O)C(OC(C)=O)[C@@H]1OC(C)=O. The Morgan fingerprint density at radius 1 is 0.792 bits per heavy atom. The van der Waals surface area contributed by atoms with Crippen molar-refractivity contribution in [2.24, 2.45) is 0 Å². The summed E-state index contributed by atoms with van der Waals surface area (Å²) in [6.45, 7) is 4.09. The zero-order valence-electron chi connectivity index (χ0n) is 13.7. The van der Waals surface area contributed by atoms with Gasteiger partial charge in [0.25, 0.3) is 0 Å². The van der Waals surface area contributed by atoms with E-state index in [9.17, 15) is 24.3 Å². The van der Waals surface area contributed by atoms with E-state index in [2.05, 4.69) is 0 Å². The first-order chi connectivity index (χ1) is 11.1. The highest BCUT2D eigenvalue weighted by molar-refractivity contribution is 5.68. The monoisotopic (exact) mass is 348 g/mol. The van der Waals surface area contributed by atoms with Gasteiger partial charge in [-0.1, -0.05) is 0 Å². The highest BCUT2D eigenvalue weighted by Crippen LogP contribution is 2.28. The third kappa shape index (κ3) is 5.78. The van der Waals surface area contributed by atoms with Crippen LogP contribution in [0, 0.1) is 0 Å². The fourth-order valence-electron chi connectivity index (χ4n) is 2.21. The van der Waals surface area contributed by atoms with E-state index in [0.29, 0.717) is 0 Å². The van der Waals surface area contributed by atoms with Gasteiger partial charge in [-0.05, 0) is 0 Å². The standard InChI is InChI=1S/C14H20O10/c1-6(15)20-5-10-11(21-7(2)16)12(22-8(3)17)13(14(19)24-10)23-9(4)18/h10-14,19H,5H2,1-4H3/t10-,11-,12?,13-,14-/m1/s1. The molecule has 1 unspecified atom stereocenters. The van der Waals surface area contributed by atoms with Crippen LogP contribution in [0.25, 0.3) is 0 Å². The van der Waals surface area contributed by atoms with Crippen LogP contribution in [0.15, 0.2) is 0 Å². The molecular formula is C14H20O10. The van der Waals surface area contributed by atoms with Crippen LogP contribution in [0.2, 0.25) is 0 Å². The first-order valence-corrected chi connectivity index (χ1v) is 7.10. The highest BCUT2D eigenvalue weighted by Gasteiger charge is 2.51. The molecule has 0 saturated carbocycles. The Labute approximate surface area is 137 Å². The molecule has 10 heteroatoms. The molecule has 0 amide bonds. The summed E-state index contributed by atoms with van der Waals surface area (Å²) in [5.41, 5.74) is 0. The number of carbonyl (C=O) groups is 4. The maximum atomic E-state index is 11.3. The van der Waals surface area contributed by atoms with Gasteiger partial charge < -0.3 is 28.8 Å². The quantitative estimate of drug-likeness (QED) is 0.490. The van der Waals surface area contributed by atoms with E-state index in [1.54, 1.807) is 0 Å². The van der Waals surface area contributed by atoms with Crippen LogP contribution in [0.3, 0.4) is 0 Å². The Hall–Kier alpha value is -2.20. The summed E-state index contributed by atoms with van der Waals surface area (Å²) < 4.78 is 25.0. The van der Waals surface area contributed by atoms with Crippen molar-refractivity contribution in [3.8, 4) is 0 Å². The van der Waals surface area contributed by atoms with Gasteiger partial charge in [-0.2, -0.15) is 0 Å². The van der Waals surface area contributed by atoms with Crippen molar-refractivity contribution in [3.63, 3.8) is 0 Å². The van der Waals surface area contributed by atoms with Gasteiger partial charge in [-0.3, -0.25) is 19.2 Å². The minimum atomic E-state index is -1.68. The molecule has 1 fully saturated rings. The summed E-state index contributed by atoms with van der Waals surface area (Å²) in [6.07, 6.45) is -6.79. The van der Waals surface area contributed by atoms with Gasteiger partial charge in [0.1, 0.15) is 12.7 Å². The van der Waals surface area contributed by atoms with Gasteiger partial charge in [0, 0.05) is 27.7 Å². The molecule has 1 heterocycles. The molecule has 10 nitrogen and oxygen atoms in total. The Morgan fingerprint density at radius 3 is 1.71 bits per heavy atom. The van der Waals surface area contributed by atoms with Crippen LogP contribution in [-0.4, -0.2) is 66.3 Å². The molecule has 0 aliphatic carbocycles. The Balaban J connectivity index is 3.11. The Kier molecular flexibility index (Phi) is 7.11. The van der Waals surface area contributed by atoms with Crippen molar-refractivity contribution in [1.82, 2.24) is 0 Å². The average Bonchev–Trinajstić information content (AvgIpc) is 2.42. The predicted molar refractivity (Wildman–Crippen MR) is 74.2 cm³/mol. The molecule has 24 heavy (non-hydrogen) atoms. The van der Waals surface area contributed by atoms with E-state index in [0.717, 1.165) is 27.7 Å². The van der Waals surface area contributed by atoms with Gasteiger partial charge in [-0.15, -0.1) is 0 Å². The van der Waals surface area contributed by atoms with Crippen molar-refractivity contribution in [1.29, 1.82) is 0 Å². The van der Waals surface area contributed by atoms with E-state index in [1.165, 1.54) is 0 Å². The fraction of sp³-hybridized carbons (Fsp3) is 0.714. The van der Waals surface area contributed by atoms with Crippen LogP contribution < -0.4 is 0 Å². The van der Waals surface area contributed by atoms with Crippen molar-refractivity contribution in [3.05, 3.63) is 0 Å². The number of hydrogen-bond donors (Lipinski definition) is 1. The first kappa shape index (κ1) is 19.8. The molecule has 0 spiro atoms. The maximum Gasteiger partial charge on any atom is 0.303 e. The second kappa shape index (κ2) is 8.60. The fourth-order valence-corrected chi connectivity index (χ4v) is 2.21. The molecule has 1 rings (SSSR count). The molecule has 0 bridgehead atoms. The third-order valence-electron chi connectivity index (χ3n) is 2.97.